The second kappa shape index (κ2) is 11.1. The van der Waals surface area contributed by atoms with Gasteiger partial charge in [0.1, 0.15) is 23.9 Å². The molecule has 0 fully saturated rings. The van der Waals surface area contributed by atoms with E-state index in [-0.39, 0.29) is 12.6 Å². The first-order valence-electron chi connectivity index (χ1n) is 11.0. The molecule has 3 aromatic carbocycles. The molecular weight excluding hydrogens is 436 g/mol. The van der Waals surface area contributed by atoms with Crippen LogP contribution in [-0.4, -0.2) is 26.8 Å². The molecule has 0 amide bonds. The van der Waals surface area contributed by atoms with Crippen molar-refractivity contribution in [2.45, 2.75) is 36.5 Å². The van der Waals surface area contributed by atoms with E-state index in [1.165, 1.54) is 28.7 Å². The van der Waals surface area contributed by atoms with Gasteiger partial charge in [-0.15, -0.1) is 11.8 Å². The van der Waals surface area contributed by atoms with E-state index in [4.69, 9.17) is 14.2 Å². The first-order valence-corrected chi connectivity index (χ1v) is 12.0. The van der Waals surface area contributed by atoms with E-state index >= 15 is 0 Å². The van der Waals surface area contributed by atoms with Crippen LogP contribution < -0.4 is 14.2 Å². The maximum atomic E-state index is 11.4. The smallest absolute Gasteiger partial charge is 0.343 e. The van der Waals surface area contributed by atoms with E-state index < -0.39 is 0 Å². The molecule has 0 heterocycles. The van der Waals surface area contributed by atoms with Gasteiger partial charge in [-0.2, -0.15) is 0 Å². The molecule has 6 heteroatoms. The van der Waals surface area contributed by atoms with Crippen LogP contribution in [0.5, 0.6) is 17.2 Å². The average molecular weight is 465 g/mol. The van der Waals surface area contributed by atoms with Crippen LogP contribution in [-0.2, 0) is 34.7 Å². The van der Waals surface area contributed by atoms with Gasteiger partial charge in [-0.05, 0) is 77.9 Å². The summed E-state index contributed by atoms with van der Waals surface area (Å²) in [6.45, 7) is 0.469. The lowest BCUT2D eigenvalue weighted by Crippen LogP contribution is -2.13. The molecule has 0 N–H and O–H groups in total. The Balaban J connectivity index is 1.32. The molecule has 5 nitrogen and oxygen atoms in total. The summed E-state index contributed by atoms with van der Waals surface area (Å²) in [5, 5.41) is 0. The molecule has 0 radical (unpaired) electrons. The van der Waals surface area contributed by atoms with E-state index in [0.717, 1.165) is 47.8 Å². The minimum Gasteiger partial charge on any atom is -0.497 e. The van der Waals surface area contributed by atoms with Crippen molar-refractivity contribution in [3.05, 3.63) is 82.9 Å². The van der Waals surface area contributed by atoms with Crippen LogP contribution in [0, 0.1) is 0 Å². The standard InChI is InChI=1S/C27H28O5S/c1-29-21-10-6-19(7-11-21)16-31-22-12-8-20(9-13-22)18-33-26-15-14-25(32-17-27(28)30-2)23-4-3-5-24(23)26/h6-15H,3-5,16-18H2,1-2H3. The fourth-order valence-electron chi connectivity index (χ4n) is 3.84. The largest absolute Gasteiger partial charge is 0.497 e. The van der Waals surface area contributed by atoms with E-state index in [9.17, 15) is 4.79 Å². The fraction of sp³-hybridized carbons (Fsp3) is 0.296. The minimum absolute atomic E-state index is 0.0533. The molecule has 0 aromatic heterocycles. The van der Waals surface area contributed by atoms with Gasteiger partial charge in [0.15, 0.2) is 6.61 Å². The van der Waals surface area contributed by atoms with Gasteiger partial charge in [-0.25, -0.2) is 4.79 Å². The highest BCUT2D eigenvalue weighted by Gasteiger charge is 2.20. The topological polar surface area (TPSA) is 54.0 Å². The molecule has 0 atom stereocenters. The Kier molecular flexibility index (Phi) is 7.79. The number of thioether (sulfide) groups is 1. The van der Waals surface area contributed by atoms with Gasteiger partial charge >= 0.3 is 5.97 Å². The maximum absolute atomic E-state index is 11.4. The highest BCUT2D eigenvalue weighted by atomic mass is 32.2. The lowest BCUT2D eigenvalue weighted by atomic mass is 10.1. The number of benzene rings is 3. The summed E-state index contributed by atoms with van der Waals surface area (Å²) in [7, 11) is 3.03. The number of carbonyl (C=O) groups excluding carboxylic acids is 1. The van der Waals surface area contributed by atoms with Crippen molar-refractivity contribution in [3.63, 3.8) is 0 Å². The van der Waals surface area contributed by atoms with Gasteiger partial charge in [0, 0.05) is 10.6 Å². The molecule has 0 aliphatic heterocycles. The zero-order valence-corrected chi connectivity index (χ0v) is 19.8. The Hall–Kier alpha value is -3.12. The Morgan fingerprint density at radius 3 is 2.24 bits per heavy atom. The molecule has 1 aliphatic rings. The summed E-state index contributed by atoms with van der Waals surface area (Å²) in [5.41, 5.74) is 4.92. The van der Waals surface area contributed by atoms with Crippen LogP contribution in [0.15, 0.2) is 65.6 Å². The summed E-state index contributed by atoms with van der Waals surface area (Å²) in [6.07, 6.45) is 3.15. The Bertz CT molecular complexity index is 1080. The number of rotatable bonds is 10. The summed E-state index contributed by atoms with van der Waals surface area (Å²) < 4.78 is 21.5. The van der Waals surface area contributed by atoms with Crippen LogP contribution in [0.2, 0.25) is 0 Å². The number of carbonyl (C=O) groups is 1. The maximum Gasteiger partial charge on any atom is 0.343 e. The number of hydrogen-bond donors (Lipinski definition) is 0. The van der Waals surface area contributed by atoms with Crippen LogP contribution in [0.3, 0.4) is 0 Å². The lowest BCUT2D eigenvalue weighted by Gasteiger charge is -2.14. The third kappa shape index (κ3) is 6.02. The lowest BCUT2D eigenvalue weighted by molar-refractivity contribution is -0.142. The van der Waals surface area contributed by atoms with E-state index in [2.05, 4.69) is 22.9 Å². The summed E-state index contributed by atoms with van der Waals surface area (Å²) in [6, 6.07) is 20.2. The fourth-order valence-corrected chi connectivity index (χ4v) is 4.92. The highest BCUT2D eigenvalue weighted by Crippen LogP contribution is 2.38. The van der Waals surface area contributed by atoms with E-state index in [0.29, 0.717) is 6.61 Å². The van der Waals surface area contributed by atoms with Crippen molar-refractivity contribution in [2.24, 2.45) is 0 Å². The molecule has 0 saturated heterocycles. The number of esters is 1. The molecule has 0 unspecified atom stereocenters. The average Bonchev–Trinajstić information content (AvgIpc) is 3.36. The van der Waals surface area contributed by atoms with Gasteiger partial charge < -0.3 is 18.9 Å². The van der Waals surface area contributed by atoms with Gasteiger partial charge in [0.25, 0.3) is 0 Å². The summed E-state index contributed by atoms with van der Waals surface area (Å²) in [4.78, 5) is 12.7. The van der Waals surface area contributed by atoms with E-state index in [1.54, 1.807) is 7.11 Å². The van der Waals surface area contributed by atoms with Crippen LogP contribution in [0.25, 0.3) is 0 Å². The van der Waals surface area contributed by atoms with Gasteiger partial charge in [-0.1, -0.05) is 24.3 Å². The second-order valence-electron chi connectivity index (χ2n) is 7.81. The number of hydrogen-bond acceptors (Lipinski definition) is 6. The third-order valence-corrected chi connectivity index (χ3v) is 6.83. The molecule has 172 valence electrons. The van der Waals surface area contributed by atoms with E-state index in [1.807, 2.05) is 54.2 Å². The first-order chi connectivity index (χ1) is 16.2. The summed E-state index contributed by atoms with van der Waals surface area (Å²) in [5.74, 6) is 3.02. The zero-order valence-electron chi connectivity index (χ0n) is 19.0. The van der Waals surface area contributed by atoms with Gasteiger partial charge in [-0.3, -0.25) is 0 Å². The molecule has 0 spiro atoms. The van der Waals surface area contributed by atoms with Crippen molar-refractivity contribution in [2.75, 3.05) is 20.8 Å². The molecule has 33 heavy (non-hydrogen) atoms. The zero-order chi connectivity index (χ0) is 23.0. The Labute approximate surface area is 199 Å². The van der Waals surface area contributed by atoms with Crippen LogP contribution >= 0.6 is 11.8 Å². The molecule has 0 bridgehead atoms. The molecule has 1 aliphatic carbocycles. The number of methoxy groups -OCH3 is 2. The monoisotopic (exact) mass is 464 g/mol. The van der Waals surface area contributed by atoms with Crippen molar-refractivity contribution < 1.29 is 23.7 Å². The summed E-state index contributed by atoms with van der Waals surface area (Å²) >= 11 is 1.84. The normalized spacial score (nSPS) is 12.2. The molecule has 4 rings (SSSR count). The van der Waals surface area contributed by atoms with Gasteiger partial charge in [0.2, 0.25) is 0 Å². The quantitative estimate of drug-likeness (QED) is 0.287. The molecular formula is C27H28O5S. The molecule has 0 saturated carbocycles. The van der Waals surface area contributed by atoms with Crippen molar-refractivity contribution in [3.8, 4) is 17.2 Å². The minimum atomic E-state index is -0.364. The predicted molar refractivity (Wildman–Crippen MR) is 129 cm³/mol. The Morgan fingerprint density at radius 2 is 1.52 bits per heavy atom. The first kappa shape index (κ1) is 23.1. The SMILES string of the molecule is COC(=O)COc1ccc(SCc2ccc(OCc3ccc(OC)cc3)cc2)c2c1CCC2. The van der Waals surface area contributed by atoms with Crippen LogP contribution in [0.4, 0.5) is 0 Å². The second-order valence-corrected chi connectivity index (χ2v) is 8.82. The Morgan fingerprint density at radius 1 is 0.818 bits per heavy atom. The van der Waals surface area contributed by atoms with Crippen molar-refractivity contribution in [1.29, 1.82) is 0 Å². The molecule has 3 aromatic rings. The van der Waals surface area contributed by atoms with Crippen molar-refractivity contribution >= 4 is 17.7 Å². The van der Waals surface area contributed by atoms with Crippen LogP contribution in [0.1, 0.15) is 28.7 Å². The third-order valence-electron chi connectivity index (χ3n) is 5.65. The van der Waals surface area contributed by atoms with Crippen molar-refractivity contribution in [1.82, 2.24) is 0 Å². The number of ether oxygens (including phenoxy) is 4. The van der Waals surface area contributed by atoms with Gasteiger partial charge in [0.05, 0.1) is 14.2 Å². The predicted octanol–water partition coefficient (Wildman–Crippen LogP) is 5.61. The number of fused-ring (bicyclic) bond motifs is 1. The highest BCUT2D eigenvalue weighted by molar-refractivity contribution is 7.98.